The highest BCUT2D eigenvalue weighted by atomic mass is 35.5. The third kappa shape index (κ3) is 5.38. The summed E-state index contributed by atoms with van der Waals surface area (Å²) in [5, 5.41) is 2.87. The van der Waals surface area contributed by atoms with Gasteiger partial charge >= 0.3 is 0 Å². The van der Waals surface area contributed by atoms with Crippen molar-refractivity contribution < 1.29 is 14.3 Å². The van der Waals surface area contributed by atoms with Gasteiger partial charge in [0.1, 0.15) is 0 Å². The molecule has 6 heteroatoms. The molecule has 1 N–H and O–H groups in total. The van der Waals surface area contributed by atoms with E-state index >= 15 is 0 Å². The number of aromatic nitrogens is 1. The van der Waals surface area contributed by atoms with E-state index in [0.29, 0.717) is 12.2 Å². The van der Waals surface area contributed by atoms with Gasteiger partial charge in [0.15, 0.2) is 23.3 Å². The maximum Gasteiger partial charge on any atom is 0.258 e. The number of nitrogens with zero attached hydrogens (tertiary/aromatic N) is 1. The fourth-order valence-electron chi connectivity index (χ4n) is 2.00. The standard InChI is InChI=1S/C17H17ClN2O3/c1-12(21)14(10-13-6-3-2-4-7-13)20-16(22)11-23-15-8-5-9-19-17(15)18/h2-9,14H,10-11H2,1H3,(H,20,22)/t14-/m1/s1. The van der Waals surface area contributed by atoms with Crippen LogP contribution in [0.2, 0.25) is 5.15 Å². The van der Waals surface area contributed by atoms with Crippen molar-refractivity contribution in [2.45, 2.75) is 19.4 Å². The zero-order chi connectivity index (χ0) is 16.7. The van der Waals surface area contributed by atoms with Gasteiger partial charge in [0.05, 0.1) is 6.04 Å². The fraction of sp³-hybridized carbons (Fsp3) is 0.235. The maximum atomic E-state index is 12.0. The Morgan fingerprint density at radius 3 is 2.61 bits per heavy atom. The molecule has 0 aliphatic carbocycles. The van der Waals surface area contributed by atoms with E-state index in [1.54, 1.807) is 12.1 Å². The molecular formula is C17H17ClN2O3. The number of benzene rings is 1. The zero-order valence-corrected chi connectivity index (χ0v) is 13.4. The van der Waals surface area contributed by atoms with Crippen LogP contribution in [0.4, 0.5) is 0 Å². The predicted octanol–water partition coefficient (Wildman–Crippen LogP) is 2.43. The molecule has 0 fully saturated rings. The largest absolute Gasteiger partial charge is 0.481 e. The van der Waals surface area contributed by atoms with E-state index in [1.165, 1.54) is 13.1 Å². The molecule has 0 radical (unpaired) electrons. The van der Waals surface area contributed by atoms with Crippen molar-refractivity contribution in [3.63, 3.8) is 0 Å². The summed E-state index contributed by atoms with van der Waals surface area (Å²) in [4.78, 5) is 27.6. The van der Waals surface area contributed by atoms with E-state index in [2.05, 4.69) is 10.3 Å². The lowest BCUT2D eigenvalue weighted by Gasteiger charge is -2.16. The summed E-state index contributed by atoms with van der Waals surface area (Å²) in [5.74, 6) is -0.172. The van der Waals surface area contributed by atoms with Crippen LogP contribution in [-0.4, -0.2) is 29.3 Å². The third-order valence-corrected chi connectivity index (χ3v) is 3.48. The molecule has 120 valence electrons. The highest BCUT2D eigenvalue weighted by Gasteiger charge is 2.18. The van der Waals surface area contributed by atoms with E-state index < -0.39 is 6.04 Å². The number of ketones is 1. The van der Waals surface area contributed by atoms with Crippen LogP contribution < -0.4 is 10.1 Å². The highest BCUT2D eigenvalue weighted by Crippen LogP contribution is 2.19. The van der Waals surface area contributed by atoms with Gasteiger partial charge in [-0.25, -0.2) is 4.98 Å². The lowest BCUT2D eigenvalue weighted by atomic mass is 10.0. The van der Waals surface area contributed by atoms with Crippen molar-refractivity contribution in [2.75, 3.05) is 6.61 Å². The van der Waals surface area contributed by atoms with Crippen molar-refractivity contribution in [3.05, 3.63) is 59.4 Å². The number of halogens is 1. The second-order valence-electron chi connectivity index (χ2n) is 5.00. The molecule has 1 aromatic carbocycles. The minimum atomic E-state index is -0.585. The molecule has 23 heavy (non-hydrogen) atoms. The molecule has 0 spiro atoms. The molecule has 0 aliphatic rings. The minimum absolute atomic E-state index is 0.110. The summed E-state index contributed by atoms with van der Waals surface area (Å²) in [6.45, 7) is 1.22. The van der Waals surface area contributed by atoms with Crippen LogP contribution in [0, 0.1) is 0 Å². The molecule has 0 bridgehead atoms. The van der Waals surface area contributed by atoms with Crippen molar-refractivity contribution >= 4 is 23.3 Å². The van der Waals surface area contributed by atoms with E-state index in [0.717, 1.165) is 5.56 Å². The number of ether oxygens (including phenoxy) is 1. The monoisotopic (exact) mass is 332 g/mol. The number of hydrogen-bond acceptors (Lipinski definition) is 4. The Labute approximate surface area is 139 Å². The number of Topliss-reactive ketones (excluding diaryl/α,β-unsaturated/α-hetero) is 1. The maximum absolute atomic E-state index is 12.0. The zero-order valence-electron chi connectivity index (χ0n) is 12.7. The molecule has 0 aliphatic heterocycles. The lowest BCUT2D eigenvalue weighted by molar-refractivity contribution is -0.128. The number of amides is 1. The fourth-order valence-corrected chi connectivity index (χ4v) is 2.18. The van der Waals surface area contributed by atoms with Crippen molar-refractivity contribution in [1.82, 2.24) is 10.3 Å². The highest BCUT2D eigenvalue weighted by molar-refractivity contribution is 6.30. The first-order valence-corrected chi connectivity index (χ1v) is 7.51. The average molecular weight is 333 g/mol. The Morgan fingerprint density at radius 2 is 1.96 bits per heavy atom. The van der Waals surface area contributed by atoms with Crippen LogP contribution >= 0.6 is 11.6 Å². The van der Waals surface area contributed by atoms with Crippen molar-refractivity contribution in [3.8, 4) is 5.75 Å². The molecule has 5 nitrogen and oxygen atoms in total. The summed E-state index contributed by atoms with van der Waals surface area (Å²) in [6.07, 6.45) is 1.97. The number of hydrogen-bond donors (Lipinski definition) is 1. The van der Waals surface area contributed by atoms with Gasteiger partial charge in [-0.3, -0.25) is 9.59 Å². The summed E-state index contributed by atoms with van der Waals surface area (Å²) in [6, 6.07) is 12.2. The van der Waals surface area contributed by atoms with Crippen LogP contribution in [-0.2, 0) is 16.0 Å². The topological polar surface area (TPSA) is 68.3 Å². The van der Waals surface area contributed by atoms with Gasteiger partial charge in [0.25, 0.3) is 5.91 Å². The predicted molar refractivity (Wildman–Crippen MR) is 87.5 cm³/mol. The molecule has 0 saturated heterocycles. The lowest BCUT2D eigenvalue weighted by Crippen LogP contribution is -2.43. The van der Waals surface area contributed by atoms with Gasteiger partial charge in [0.2, 0.25) is 0 Å². The Hall–Kier alpha value is -2.40. The van der Waals surface area contributed by atoms with Crippen LogP contribution in [0.1, 0.15) is 12.5 Å². The quantitative estimate of drug-likeness (QED) is 0.791. The molecule has 0 unspecified atom stereocenters. The van der Waals surface area contributed by atoms with Gasteiger partial charge < -0.3 is 10.1 Å². The van der Waals surface area contributed by atoms with Crippen LogP contribution in [0.25, 0.3) is 0 Å². The summed E-state index contributed by atoms with van der Waals surface area (Å²) in [7, 11) is 0. The number of carbonyl (C=O) groups excluding carboxylic acids is 2. The number of rotatable bonds is 7. The van der Waals surface area contributed by atoms with Crippen LogP contribution in [0.3, 0.4) is 0 Å². The Bertz CT molecular complexity index is 677. The second kappa shape index (κ2) is 8.29. The molecule has 2 aromatic rings. The summed E-state index contributed by atoms with van der Waals surface area (Å²) < 4.78 is 5.31. The molecule has 2 rings (SSSR count). The number of carbonyl (C=O) groups is 2. The number of nitrogens with one attached hydrogen (secondary N) is 1. The molecule has 1 heterocycles. The van der Waals surface area contributed by atoms with E-state index in [9.17, 15) is 9.59 Å². The third-order valence-electron chi connectivity index (χ3n) is 3.19. The molecule has 0 saturated carbocycles. The first-order chi connectivity index (χ1) is 11.1. The van der Waals surface area contributed by atoms with Gasteiger partial charge in [-0.15, -0.1) is 0 Å². The molecule has 1 atom stereocenters. The van der Waals surface area contributed by atoms with E-state index in [1.807, 2.05) is 30.3 Å². The summed E-state index contributed by atoms with van der Waals surface area (Å²) in [5.41, 5.74) is 0.976. The minimum Gasteiger partial charge on any atom is -0.481 e. The van der Waals surface area contributed by atoms with Gasteiger partial charge in [-0.2, -0.15) is 0 Å². The molecule has 1 amide bonds. The Morgan fingerprint density at radius 1 is 1.22 bits per heavy atom. The normalized spacial score (nSPS) is 11.6. The average Bonchev–Trinajstić information content (AvgIpc) is 2.54. The van der Waals surface area contributed by atoms with Gasteiger partial charge in [-0.1, -0.05) is 41.9 Å². The SMILES string of the molecule is CC(=O)[C@@H](Cc1ccccc1)NC(=O)COc1cccnc1Cl. The van der Waals surface area contributed by atoms with Gasteiger partial charge in [0, 0.05) is 6.20 Å². The molecular weight excluding hydrogens is 316 g/mol. The van der Waals surface area contributed by atoms with E-state index in [4.69, 9.17) is 16.3 Å². The van der Waals surface area contributed by atoms with Crippen molar-refractivity contribution in [2.24, 2.45) is 0 Å². The van der Waals surface area contributed by atoms with Gasteiger partial charge in [-0.05, 0) is 31.0 Å². The smallest absolute Gasteiger partial charge is 0.258 e. The van der Waals surface area contributed by atoms with E-state index in [-0.39, 0.29) is 23.5 Å². The number of pyridine rings is 1. The molecule has 1 aromatic heterocycles. The first-order valence-electron chi connectivity index (χ1n) is 7.13. The first kappa shape index (κ1) is 17.0. The van der Waals surface area contributed by atoms with Crippen molar-refractivity contribution in [1.29, 1.82) is 0 Å². The van der Waals surface area contributed by atoms with Crippen LogP contribution in [0.15, 0.2) is 48.7 Å². The Kier molecular flexibility index (Phi) is 6.11. The second-order valence-corrected chi connectivity index (χ2v) is 5.36. The Balaban J connectivity index is 1.91. The summed E-state index contributed by atoms with van der Waals surface area (Å²) >= 11 is 5.85. The van der Waals surface area contributed by atoms with Crippen LogP contribution in [0.5, 0.6) is 5.75 Å².